The molecule has 2 aromatic heterocycles. The molecule has 4 aromatic rings. The van der Waals surface area contributed by atoms with Crippen LogP contribution in [0.15, 0.2) is 71.3 Å². The number of anilines is 1. The van der Waals surface area contributed by atoms with Crippen molar-refractivity contribution in [3.63, 3.8) is 0 Å². The van der Waals surface area contributed by atoms with Crippen molar-refractivity contribution in [2.24, 2.45) is 0 Å². The molecule has 2 amide bonds. The first kappa shape index (κ1) is 19.3. The zero-order chi connectivity index (χ0) is 21.1. The standard InChI is InChI=1S/C22H18N4O4/c1-14(27)26(15(2)28)22-25-24-21(30-22)20(16-7-4-3-5-8-16)29-18-10-11-19-17(13-18)9-6-12-23-19/h3-13,20H,1-2H3. The molecule has 0 aliphatic carbocycles. The summed E-state index contributed by atoms with van der Waals surface area (Å²) in [7, 11) is 0. The fraction of sp³-hybridized carbons (Fsp3) is 0.136. The third-order valence-corrected chi connectivity index (χ3v) is 4.41. The summed E-state index contributed by atoms with van der Waals surface area (Å²) in [6.07, 6.45) is 0.994. The number of carbonyl (C=O) groups excluding carboxylic acids is 2. The molecule has 2 heterocycles. The molecule has 0 N–H and O–H groups in total. The number of pyridine rings is 1. The van der Waals surface area contributed by atoms with E-state index < -0.39 is 17.9 Å². The van der Waals surface area contributed by atoms with Crippen LogP contribution in [0.2, 0.25) is 0 Å². The average molecular weight is 402 g/mol. The van der Waals surface area contributed by atoms with Gasteiger partial charge in [-0.1, -0.05) is 41.5 Å². The second kappa shape index (κ2) is 8.12. The molecule has 0 aliphatic rings. The molecule has 0 fully saturated rings. The van der Waals surface area contributed by atoms with Crippen molar-refractivity contribution < 1.29 is 18.7 Å². The molecule has 0 bridgehead atoms. The number of hydrogen-bond donors (Lipinski definition) is 0. The molecule has 2 aromatic carbocycles. The fourth-order valence-corrected chi connectivity index (χ4v) is 3.07. The Balaban J connectivity index is 1.72. The molecular formula is C22H18N4O4. The van der Waals surface area contributed by atoms with Gasteiger partial charge in [-0.15, -0.1) is 5.10 Å². The van der Waals surface area contributed by atoms with Crippen LogP contribution in [0.4, 0.5) is 6.01 Å². The molecule has 0 spiro atoms. The van der Waals surface area contributed by atoms with Crippen molar-refractivity contribution in [1.82, 2.24) is 15.2 Å². The highest BCUT2D eigenvalue weighted by molar-refractivity contribution is 6.11. The summed E-state index contributed by atoms with van der Waals surface area (Å²) in [5, 5.41) is 8.84. The number of fused-ring (bicyclic) bond motifs is 1. The van der Waals surface area contributed by atoms with Crippen LogP contribution in [0.1, 0.15) is 31.4 Å². The number of imide groups is 1. The number of aromatic nitrogens is 3. The van der Waals surface area contributed by atoms with Crippen molar-refractivity contribution in [2.45, 2.75) is 20.0 Å². The van der Waals surface area contributed by atoms with Crippen LogP contribution in [-0.4, -0.2) is 27.0 Å². The third-order valence-electron chi connectivity index (χ3n) is 4.41. The number of carbonyl (C=O) groups is 2. The monoisotopic (exact) mass is 402 g/mol. The normalized spacial score (nSPS) is 11.8. The van der Waals surface area contributed by atoms with Crippen LogP contribution in [0.3, 0.4) is 0 Å². The lowest BCUT2D eigenvalue weighted by atomic mass is 10.1. The number of amides is 2. The van der Waals surface area contributed by atoms with Gasteiger partial charge in [0.1, 0.15) is 5.75 Å². The summed E-state index contributed by atoms with van der Waals surface area (Å²) in [4.78, 5) is 28.7. The molecule has 1 unspecified atom stereocenters. The maximum absolute atomic E-state index is 11.8. The smallest absolute Gasteiger partial charge is 0.332 e. The van der Waals surface area contributed by atoms with Crippen molar-refractivity contribution in [3.8, 4) is 5.75 Å². The maximum Gasteiger partial charge on any atom is 0.332 e. The van der Waals surface area contributed by atoms with Gasteiger partial charge < -0.3 is 9.15 Å². The van der Waals surface area contributed by atoms with Crippen molar-refractivity contribution >= 4 is 28.7 Å². The number of ether oxygens (including phenoxy) is 1. The Bertz CT molecular complexity index is 1190. The minimum Gasteiger partial charge on any atom is -0.476 e. The van der Waals surface area contributed by atoms with Crippen LogP contribution in [0.25, 0.3) is 10.9 Å². The van der Waals surface area contributed by atoms with Crippen molar-refractivity contribution in [3.05, 3.63) is 78.3 Å². The van der Waals surface area contributed by atoms with Gasteiger partial charge >= 0.3 is 6.01 Å². The van der Waals surface area contributed by atoms with Crippen LogP contribution in [0, 0.1) is 0 Å². The summed E-state index contributed by atoms with van der Waals surface area (Å²) in [6.45, 7) is 2.50. The van der Waals surface area contributed by atoms with Gasteiger partial charge in [0.05, 0.1) is 5.52 Å². The van der Waals surface area contributed by atoms with E-state index in [2.05, 4.69) is 15.2 Å². The van der Waals surface area contributed by atoms with Crippen LogP contribution in [0.5, 0.6) is 5.75 Å². The van der Waals surface area contributed by atoms with Crippen molar-refractivity contribution in [1.29, 1.82) is 0 Å². The van der Waals surface area contributed by atoms with Crippen molar-refractivity contribution in [2.75, 3.05) is 4.90 Å². The highest BCUT2D eigenvalue weighted by Crippen LogP contribution is 2.30. The van der Waals surface area contributed by atoms with Gasteiger partial charge in [0.25, 0.3) is 5.89 Å². The van der Waals surface area contributed by atoms with Gasteiger partial charge in [0.15, 0.2) is 0 Å². The van der Waals surface area contributed by atoms with E-state index in [4.69, 9.17) is 9.15 Å². The molecule has 0 saturated heterocycles. The molecular weight excluding hydrogens is 384 g/mol. The van der Waals surface area contributed by atoms with E-state index in [0.29, 0.717) is 5.75 Å². The predicted octanol–water partition coefficient (Wildman–Crippen LogP) is 3.69. The molecule has 4 rings (SSSR count). The summed E-state index contributed by atoms with van der Waals surface area (Å²) in [5.41, 5.74) is 1.62. The van der Waals surface area contributed by atoms with Gasteiger partial charge in [-0.05, 0) is 24.3 Å². The van der Waals surface area contributed by atoms with E-state index in [0.717, 1.165) is 21.4 Å². The Morgan fingerprint density at radius 3 is 2.47 bits per heavy atom. The van der Waals surface area contributed by atoms with E-state index >= 15 is 0 Å². The zero-order valence-corrected chi connectivity index (χ0v) is 16.4. The minimum atomic E-state index is -0.734. The summed E-state index contributed by atoms with van der Waals surface area (Å²) < 4.78 is 11.9. The predicted molar refractivity (Wildman–Crippen MR) is 109 cm³/mol. The SMILES string of the molecule is CC(=O)N(C(C)=O)c1nnc(C(Oc2ccc3ncccc3c2)c2ccccc2)o1. The average Bonchev–Trinajstić information content (AvgIpc) is 3.21. The Morgan fingerprint density at radius 2 is 1.73 bits per heavy atom. The molecule has 0 aliphatic heterocycles. The van der Waals surface area contributed by atoms with E-state index in [1.165, 1.54) is 13.8 Å². The third kappa shape index (κ3) is 3.88. The molecule has 1 atom stereocenters. The lowest BCUT2D eigenvalue weighted by Crippen LogP contribution is -2.33. The zero-order valence-electron chi connectivity index (χ0n) is 16.4. The van der Waals surface area contributed by atoms with Crippen LogP contribution < -0.4 is 9.64 Å². The summed E-state index contributed by atoms with van der Waals surface area (Å²) >= 11 is 0. The Kier molecular flexibility index (Phi) is 5.21. The molecule has 150 valence electrons. The molecule has 30 heavy (non-hydrogen) atoms. The number of nitrogens with zero attached hydrogens (tertiary/aromatic N) is 4. The first-order chi connectivity index (χ1) is 14.5. The van der Waals surface area contributed by atoms with Gasteiger partial charge in [-0.25, -0.2) is 4.90 Å². The van der Waals surface area contributed by atoms with E-state index in [-0.39, 0.29) is 11.9 Å². The number of benzene rings is 2. The Hall–Kier alpha value is -4.07. The Labute approximate surface area is 172 Å². The fourth-order valence-electron chi connectivity index (χ4n) is 3.07. The van der Waals surface area contributed by atoms with Crippen LogP contribution in [-0.2, 0) is 9.59 Å². The lowest BCUT2D eigenvalue weighted by Gasteiger charge is -2.17. The number of rotatable bonds is 5. The molecule has 8 nitrogen and oxygen atoms in total. The van der Waals surface area contributed by atoms with Crippen LogP contribution >= 0.6 is 0 Å². The minimum absolute atomic E-state index is 0.120. The summed E-state index contributed by atoms with van der Waals surface area (Å²) in [6, 6.07) is 18.5. The first-order valence-corrected chi connectivity index (χ1v) is 9.24. The van der Waals surface area contributed by atoms with Gasteiger partial charge in [0, 0.05) is 31.0 Å². The highest BCUT2D eigenvalue weighted by Gasteiger charge is 2.28. The Morgan fingerprint density at radius 1 is 0.967 bits per heavy atom. The first-order valence-electron chi connectivity index (χ1n) is 9.24. The van der Waals surface area contributed by atoms with E-state index in [1.807, 2.05) is 54.6 Å². The van der Waals surface area contributed by atoms with E-state index in [9.17, 15) is 9.59 Å². The topological polar surface area (TPSA) is 98.4 Å². The largest absolute Gasteiger partial charge is 0.476 e. The summed E-state index contributed by atoms with van der Waals surface area (Å²) in [5.74, 6) is -0.331. The van der Waals surface area contributed by atoms with Gasteiger partial charge in [-0.3, -0.25) is 14.6 Å². The molecule has 0 radical (unpaired) electrons. The number of hydrogen-bond acceptors (Lipinski definition) is 7. The van der Waals surface area contributed by atoms with Gasteiger partial charge in [-0.2, -0.15) is 0 Å². The molecule has 8 heteroatoms. The second-order valence-electron chi connectivity index (χ2n) is 6.56. The molecule has 0 saturated carbocycles. The lowest BCUT2D eigenvalue weighted by molar-refractivity contribution is -0.124. The maximum atomic E-state index is 11.8. The highest BCUT2D eigenvalue weighted by atomic mass is 16.5. The van der Waals surface area contributed by atoms with Gasteiger partial charge in [0.2, 0.25) is 17.9 Å². The van der Waals surface area contributed by atoms with E-state index in [1.54, 1.807) is 12.3 Å². The quantitative estimate of drug-likeness (QED) is 0.502. The second-order valence-corrected chi connectivity index (χ2v) is 6.56.